The zero-order chi connectivity index (χ0) is 9.14. The van der Waals surface area contributed by atoms with Gasteiger partial charge < -0.3 is 14.8 Å². The van der Waals surface area contributed by atoms with E-state index in [1.165, 1.54) is 19.4 Å². The molecule has 0 bridgehead atoms. The minimum absolute atomic E-state index is 0. The van der Waals surface area contributed by atoms with Crippen LogP contribution in [0.15, 0.2) is 12.3 Å². The average molecular weight is 193 g/mol. The first-order valence-corrected chi connectivity index (χ1v) is 3.56. The van der Waals surface area contributed by atoms with Gasteiger partial charge in [0.05, 0.1) is 13.3 Å². The second kappa shape index (κ2) is 5.53. The van der Waals surface area contributed by atoms with Crippen molar-refractivity contribution in [2.75, 3.05) is 7.11 Å². The van der Waals surface area contributed by atoms with Crippen molar-refractivity contribution < 1.29 is 33.6 Å². The van der Waals surface area contributed by atoms with Gasteiger partial charge in [-0.1, -0.05) is 11.6 Å². The molecule has 1 rings (SSSR count). The average Bonchev–Trinajstić information content (AvgIpc) is 2.04. The third-order valence-corrected chi connectivity index (χ3v) is 1.56. The van der Waals surface area contributed by atoms with Gasteiger partial charge in [0.15, 0.2) is 0 Å². The molecule has 0 spiro atoms. The van der Waals surface area contributed by atoms with Crippen molar-refractivity contribution in [1.29, 1.82) is 0 Å². The molecule has 0 aromatic carbocycles. The predicted molar refractivity (Wildman–Crippen MR) is 43.4 cm³/mol. The van der Waals surface area contributed by atoms with E-state index in [-0.39, 0.29) is 35.2 Å². The van der Waals surface area contributed by atoms with Crippen LogP contribution < -0.4 is 34.1 Å². The minimum Gasteiger partial charge on any atom is -0.853 e. The fraction of sp³-hybridized carbons (Fsp3) is 0.167. The van der Waals surface area contributed by atoms with E-state index in [9.17, 15) is 5.02 Å². The Labute approximate surface area is 93.2 Å². The first-order valence-electron chi connectivity index (χ1n) is 3.18. The van der Waals surface area contributed by atoms with E-state index in [1.54, 1.807) is 0 Å². The standard InChI is InChI=1S/C6H6BClNO3.Li/c1-12-5-3-9-6(8)2-4(5)7(10)11;/h2-3,10H,1H3;/q-1;+1. The molecule has 0 amide bonds. The summed E-state index contributed by atoms with van der Waals surface area (Å²) in [4.78, 5) is 3.68. The quantitative estimate of drug-likeness (QED) is 0.382. The Morgan fingerprint density at radius 1 is 1.69 bits per heavy atom. The Bertz CT molecular complexity index is 287. The molecular weight excluding hydrogens is 187 g/mol. The van der Waals surface area contributed by atoms with Crippen molar-refractivity contribution in [2.24, 2.45) is 0 Å². The van der Waals surface area contributed by atoms with Gasteiger partial charge >= 0.3 is 18.9 Å². The smallest absolute Gasteiger partial charge is 0.853 e. The monoisotopic (exact) mass is 193 g/mol. The van der Waals surface area contributed by atoms with Crippen LogP contribution in [0.3, 0.4) is 0 Å². The molecule has 1 heterocycles. The summed E-state index contributed by atoms with van der Waals surface area (Å²) in [5, 5.41) is 19.5. The van der Waals surface area contributed by atoms with Gasteiger partial charge in [-0.05, 0) is 11.5 Å². The number of pyridine rings is 1. The van der Waals surface area contributed by atoms with Crippen LogP contribution in [0, 0.1) is 0 Å². The summed E-state index contributed by atoms with van der Waals surface area (Å²) in [6.45, 7) is 0. The third kappa shape index (κ3) is 3.22. The normalized spacial score (nSPS) is 8.92. The van der Waals surface area contributed by atoms with Gasteiger partial charge in [0.25, 0.3) is 0 Å². The predicted octanol–water partition coefficient (Wildman–Crippen LogP) is -4.20. The van der Waals surface area contributed by atoms with Crippen LogP contribution in [0.1, 0.15) is 0 Å². The second-order valence-electron chi connectivity index (χ2n) is 2.10. The molecule has 1 N–H and O–H groups in total. The number of nitrogens with zero attached hydrogens (tertiary/aromatic N) is 1. The maximum atomic E-state index is 10.6. The summed E-state index contributed by atoms with van der Waals surface area (Å²) in [5.41, 5.74) is 0.0949. The Morgan fingerprint density at radius 2 is 2.31 bits per heavy atom. The third-order valence-electron chi connectivity index (χ3n) is 1.35. The molecule has 64 valence electrons. The molecule has 0 aliphatic rings. The van der Waals surface area contributed by atoms with Crippen molar-refractivity contribution in [3.05, 3.63) is 17.4 Å². The molecule has 0 aliphatic carbocycles. The van der Waals surface area contributed by atoms with Crippen LogP contribution in [0.4, 0.5) is 0 Å². The summed E-state index contributed by atoms with van der Waals surface area (Å²) < 4.78 is 4.78. The Hall–Kier alpha value is -0.178. The van der Waals surface area contributed by atoms with E-state index in [0.29, 0.717) is 0 Å². The molecule has 0 fully saturated rings. The summed E-state index contributed by atoms with van der Waals surface area (Å²) in [6, 6.07) is 1.28. The van der Waals surface area contributed by atoms with Crippen molar-refractivity contribution in [3.8, 4) is 5.75 Å². The van der Waals surface area contributed by atoms with E-state index >= 15 is 0 Å². The van der Waals surface area contributed by atoms with Crippen LogP contribution in [-0.2, 0) is 0 Å². The van der Waals surface area contributed by atoms with Gasteiger partial charge in [-0.3, -0.25) is 0 Å². The largest absolute Gasteiger partial charge is 1.00 e. The van der Waals surface area contributed by atoms with Crippen LogP contribution in [0.25, 0.3) is 0 Å². The van der Waals surface area contributed by atoms with E-state index in [4.69, 9.17) is 21.4 Å². The van der Waals surface area contributed by atoms with Gasteiger partial charge in [-0.2, -0.15) is 0 Å². The molecule has 0 radical (unpaired) electrons. The first-order chi connectivity index (χ1) is 5.65. The number of methoxy groups -OCH3 is 1. The zero-order valence-electron chi connectivity index (χ0n) is 7.32. The number of hydrogen-bond donors (Lipinski definition) is 1. The van der Waals surface area contributed by atoms with Crippen molar-refractivity contribution in [1.82, 2.24) is 4.98 Å². The second-order valence-corrected chi connectivity index (χ2v) is 2.49. The molecule has 0 saturated heterocycles. The fourth-order valence-electron chi connectivity index (χ4n) is 0.795. The summed E-state index contributed by atoms with van der Waals surface area (Å²) in [7, 11) is -0.461. The molecule has 1 aromatic heterocycles. The van der Waals surface area contributed by atoms with E-state index in [2.05, 4.69) is 4.98 Å². The maximum absolute atomic E-state index is 10.6. The summed E-state index contributed by atoms with van der Waals surface area (Å²) in [6.07, 6.45) is 1.29. The molecule has 13 heavy (non-hydrogen) atoms. The van der Waals surface area contributed by atoms with Crippen LogP contribution in [0.2, 0.25) is 5.15 Å². The molecule has 7 heteroatoms. The van der Waals surface area contributed by atoms with Gasteiger partial charge in [-0.15, -0.1) is 0 Å². The topological polar surface area (TPSA) is 65.4 Å². The first kappa shape index (κ1) is 12.8. The molecule has 0 aliphatic heterocycles. The van der Waals surface area contributed by atoms with E-state index in [0.717, 1.165) is 0 Å². The number of aromatic nitrogens is 1. The van der Waals surface area contributed by atoms with Crippen molar-refractivity contribution in [2.45, 2.75) is 0 Å². The number of hydrogen-bond acceptors (Lipinski definition) is 4. The number of rotatable bonds is 2. The van der Waals surface area contributed by atoms with Crippen LogP contribution in [0.5, 0.6) is 5.75 Å². The van der Waals surface area contributed by atoms with E-state index in [1.807, 2.05) is 0 Å². The molecule has 4 nitrogen and oxygen atoms in total. The van der Waals surface area contributed by atoms with Crippen molar-refractivity contribution >= 4 is 24.2 Å². The van der Waals surface area contributed by atoms with Crippen LogP contribution >= 0.6 is 11.6 Å². The zero-order valence-corrected chi connectivity index (χ0v) is 8.08. The van der Waals surface area contributed by atoms with Gasteiger partial charge in [0.1, 0.15) is 10.9 Å². The molecule has 0 atom stereocenters. The Balaban J connectivity index is 0.00000144. The van der Waals surface area contributed by atoms with Gasteiger partial charge in [-0.25, -0.2) is 4.98 Å². The van der Waals surface area contributed by atoms with Gasteiger partial charge in [0.2, 0.25) is 7.12 Å². The summed E-state index contributed by atoms with van der Waals surface area (Å²) in [5.74, 6) is 0.238. The molecular formula is C6H6BClLiNO3. The Morgan fingerprint density at radius 3 is 2.77 bits per heavy atom. The maximum Gasteiger partial charge on any atom is 1.00 e. The van der Waals surface area contributed by atoms with Gasteiger partial charge in [0, 0.05) is 0 Å². The Kier molecular flexibility index (Phi) is 5.46. The number of ether oxygens (including phenoxy) is 1. The van der Waals surface area contributed by atoms with E-state index < -0.39 is 7.12 Å². The SMILES string of the molecule is COc1cnc(Cl)cc1B([O-])O.[Li+]. The molecule has 0 saturated carbocycles. The van der Waals surface area contributed by atoms with Crippen molar-refractivity contribution in [3.63, 3.8) is 0 Å². The molecule has 1 aromatic rings. The molecule has 0 unspecified atom stereocenters. The minimum atomic E-state index is -1.85. The summed E-state index contributed by atoms with van der Waals surface area (Å²) >= 11 is 5.50. The van der Waals surface area contributed by atoms with Crippen LogP contribution in [-0.4, -0.2) is 24.2 Å². The number of halogens is 1. The fourth-order valence-corrected chi connectivity index (χ4v) is 0.961.